The van der Waals surface area contributed by atoms with E-state index in [-0.39, 0.29) is 5.91 Å². The van der Waals surface area contributed by atoms with E-state index in [9.17, 15) is 4.79 Å². The molecule has 1 aromatic carbocycles. The van der Waals surface area contributed by atoms with E-state index in [0.717, 1.165) is 31.5 Å². The van der Waals surface area contributed by atoms with Gasteiger partial charge in [0, 0.05) is 19.2 Å². The van der Waals surface area contributed by atoms with E-state index in [4.69, 9.17) is 0 Å². The number of piperidine rings is 1. The molecule has 0 atom stereocenters. The number of likely N-dealkylation sites (tertiary alicyclic amines) is 1. The number of amides is 1. The normalized spacial score (nSPS) is 16.4. The van der Waals surface area contributed by atoms with Gasteiger partial charge in [-0.15, -0.1) is 0 Å². The molecule has 0 saturated carbocycles. The number of carbonyl (C=O) groups excluding carboxylic acids is 1. The Morgan fingerprint density at radius 1 is 1.24 bits per heavy atom. The number of hydrogen-bond donors (Lipinski definition) is 0. The van der Waals surface area contributed by atoms with Crippen molar-refractivity contribution in [2.24, 2.45) is 0 Å². The molecule has 0 unspecified atom stereocenters. The molecule has 2 nitrogen and oxygen atoms in total. The summed E-state index contributed by atoms with van der Waals surface area (Å²) in [5, 5.41) is 0. The van der Waals surface area contributed by atoms with E-state index in [2.05, 4.69) is 19.1 Å². The molecule has 1 aliphatic heterocycles. The van der Waals surface area contributed by atoms with E-state index in [1.807, 2.05) is 23.1 Å². The highest BCUT2D eigenvalue weighted by atomic mass is 16.2. The minimum absolute atomic E-state index is 0.145. The van der Waals surface area contributed by atoms with Gasteiger partial charge in [0.15, 0.2) is 0 Å². The average molecular weight is 229 g/mol. The van der Waals surface area contributed by atoms with Crippen LogP contribution in [0.3, 0.4) is 0 Å². The van der Waals surface area contributed by atoms with Gasteiger partial charge in [-0.05, 0) is 37.8 Å². The van der Waals surface area contributed by atoms with Crippen LogP contribution in [-0.2, 0) is 4.79 Å². The van der Waals surface area contributed by atoms with Gasteiger partial charge < -0.3 is 4.90 Å². The Hall–Kier alpha value is -1.57. The van der Waals surface area contributed by atoms with Gasteiger partial charge in [0.05, 0.1) is 0 Å². The topological polar surface area (TPSA) is 20.3 Å². The van der Waals surface area contributed by atoms with Crippen LogP contribution in [0.2, 0.25) is 0 Å². The molecule has 0 aromatic heterocycles. The Bertz CT molecular complexity index is 417. The van der Waals surface area contributed by atoms with Crippen LogP contribution in [-0.4, -0.2) is 23.9 Å². The van der Waals surface area contributed by atoms with Crippen molar-refractivity contribution in [3.05, 3.63) is 41.5 Å². The molecule has 0 radical (unpaired) electrons. The lowest BCUT2D eigenvalue weighted by Crippen LogP contribution is -2.34. The van der Waals surface area contributed by atoms with Crippen LogP contribution in [0.15, 0.2) is 30.3 Å². The quantitative estimate of drug-likeness (QED) is 0.714. The second-order valence-electron chi connectivity index (χ2n) is 4.63. The van der Waals surface area contributed by atoms with Gasteiger partial charge in [-0.3, -0.25) is 4.79 Å². The molecule has 90 valence electrons. The number of nitrogens with zero attached hydrogens (tertiary/aromatic N) is 1. The molecule has 1 amide bonds. The summed E-state index contributed by atoms with van der Waals surface area (Å²) in [5.74, 6) is 0.145. The maximum Gasteiger partial charge on any atom is 0.246 e. The molecule has 1 aliphatic rings. The van der Waals surface area contributed by atoms with Gasteiger partial charge >= 0.3 is 0 Å². The first-order valence-electron chi connectivity index (χ1n) is 6.29. The number of benzene rings is 1. The Balaban J connectivity index is 1.97. The predicted molar refractivity (Wildman–Crippen MR) is 70.6 cm³/mol. The second-order valence-corrected chi connectivity index (χ2v) is 4.63. The minimum Gasteiger partial charge on any atom is -0.339 e. The third-order valence-electron chi connectivity index (χ3n) is 3.13. The van der Waals surface area contributed by atoms with Gasteiger partial charge in [-0.25, -0.2) is 0 Å². The summed E-state index contributed by atoms with van der Waals surface area (Å²) >= 11 is 0. The Morgan fingerprint density at radius 2 is 2.00 bits per heavy atom. The summed E-state index contributed by atoms with van der Waals surface area (Å²) in [7, 11) is 0. The number of hydrogen-bond acceptors (Lipinski definition) is 1. The molecule has 17 heavy (non-hydrogen) atoms. The summed E-state index contributed by atoms with van der Waals surface area (Å²) in [6.45, 7) is 3.89. The fraction of sp³-hybridized carbons (Fsp3) is 0.400. The smallest absolute Gasteiger partial charge is 0.246 e. The zero-order valence-corrected chi connectivity index (χ0v) is 10.4. The molecule has 0 bridgehead atoms. The fourth-order valence-corrected chi connectivity index (χ4v) is 2.16. The largest absolute Gasteiger partial charge is 0.339 e. The van der Waals surface area contributed by atoms with Gasteiger partial charge in [0.25, 0.3) is 0 Å². The van der Waals surface area contributed by atoms with E-state index in [0.29, 0.717) is 0 Å². The third kappa shape index (κ3) is 3.45. The summed E-state index contributed by atoms with van der Waals surface area (Å²) < 4.78 is 0. The zero-order valence-electron chi connectivity index (χ0n) is 10.4. The Kier molecular flexibility index (Phi) is 3.97. The lowest BCUT2D eigenvalue weighted by atomic mass is 10.1. The highest BCUT2D eigenvalue weighted by molar-refractivity contribution is 5.91. The fourth-order valence-electron chi connectivity index (χ4n) is 2.16. The number of carbonyl (C=O) groups is 1. The average Bonchev–Trinajstić information content (AvgIpc) is 2.37. The first-order chi connectivity index (χ1) is 8.25. The molecular weight excluding hydrogens is 210 g/mol. The van der Waals surface area contributed by atoms with Crippen LogP contribution in [0, 0.1) is 6.92 Å². The summed E-state index contributed by atoms with van der Waals surface area (Å²) in [4.78, 5) is 13.8. The molecular formula is C15H19NO. The summed E-state index contributed by atoms with van der Waals surface area (Å²) in [5.41, 5.74) is 2.31. The van der Waals surface area contributed by atoms with E-state index in [1.165, 1.54) is 12.0 Å². The first-order valence-corrected chi connectivity index (χ1v) is 6.29. The predicted octanol–water partition coefficient (Wildman–Crippen LogP) is 3.02. The van der Waals surface area contributed by atoms with Crippen molar-refractivity contribution >= 4 is 12.0 Å². The highest BCUT2D eigenvalue weighted by Crippen LogP contribution is 2.10. The molecule has 1 heterocycles. The zero-order chi connectivity index (χ0) is 12.1. The van der Waals surface area contributed by atoms with Crippen molar-refractivity contribution < 1.29 is 4.79 Å². The lowest BCUT2D eigenvalue weighted by molar-refractivity contribution is -0.126. The van der Waals surface area contributed by atoms with Crippen LogP contribution < -0.4 is 0 Å². The monoisotopic (exact) mass is 229 g/mol. The standard InChI is InChI=1S/C15H19NO/c1-13-6-5-7-14(12-13)8-9-15(17)16-10-3-2-4-11-16/h5-9,12H,2-4,10-11H2,1H3. The molecule has 1 aromatic rings. The van der Waals surface area contributed by atoms with Crippen molar-refractivity contribution in [2.75, 3.05) is 13.1 Å². The van der Waals surface area contributed by atoms with Crippen molar-refractivity contribution in [1.82, 2.24) is 4.90 Å². The van der Waals surface area contributed by atoms with Crippen LogP contribution in [0.25, 0.3) is 6.08 Å². The Morgan fingerprint density at radius 3 is 2.71 bits per heavy atom. The lowest BCUT2D eigenvalue weighted by Gasteiger charge is -2.25. The molecule has 2 heteroatoms. The molecule has 0 N–H and O–H groups in total. The van der Waals surface area contributed by atoms with Crippen molar-refractivity contribution in [3.8, 4) is 0 Å². The minimum atomic E-state index is 0.145. The molecule has 1 fully saturated rings. The van der Waals surface area contributed by atoms with Crippen molar-refractivity contribution in [1.29, 1.82) is 0 Å². The maximum atomic E-state index is 11.9. The molecule has 0 spiro atoms. The number of rotatable bonds is 2. The second kappa shape index (κ2) is 5.67. The third-order valence-corrected chi connectivity index (χ3v) is 3.13. The number of aryl methyl sites for hydroxylation is 1. The van der Waals surface area contributed by atoms with Crippen LogP contribution in [0.1, 0.15) is 30.4 Å². The Labute approximate surface area is 103 Å². The van der Waals surface area contributed by atoms with Crippen LogP contribution in [0.4, 0.5) is 0 Å². The van der Waals surface area contributed by atoms with Gasteiger partial charge in [0.2, 0.25) is 5.91 Å². The van der Waals surface area contributed by atoms with Crippen LogP contribution in [0.5, 0.6) is 0 Å². The molecule has 1 saturated heterocycles. The van der Waals surface area contributed by atoms with E-state index in [1.54, 1.807) is 6.08 Å². The highest BCUT2D eigenvalue weighted by Gasteiger charge is 2.13. The van der Waals surface area contributed by atoms with E-state index < -0.39 is 0 Å². The van der Waals surface area contributed by atoms with E-state index >= 15 is 0 Å². The molecule has 2 rings (SSSR count). The van der Waals surface area contributed by atoms with Gasteiger partial charge in [0.1, 0.15) is 0 Å². The summed E-state index contributed by atoms with van der Waals surface area (Å²) in [6, 6.07) is 8.18. The van der Waals surface area contributed by atoms with Crippen molar-refractivity contribution in [3.63, 3.8) is 0 Å². The van der Waals surface area contributed by atoms with Crippen LogP contribution >= 0.6 is 0 Å². The molecule has 0 aliphatic carbocycles. The van der Waals surface area contributed by atoms with Crippen molar-refractivity contribution in [2.45, 2.75) is 26.2 Å². The maximum absolute atomic E-state index is 11.9. The first kappa shape index (κ1) is 11.9. The SMILES string of the molecule is Cc1cccc(C=CC(=O)N2CCCCC2)c1. The summed E-state index contributed by atoms with van der Waals surface area (Å²) in [6.07, 6.45) is 7.14. The van der Waals surface area contributed by atoms with Gasteiger partial charge in [-0.1, -0.05) is 29.8 Å². The van der Waals surface area contributed by atoms with Gasteiger partial charge in [-0.2, -0.15) is 0 Å².